The Balaban J connectivity index is 2.23. The number of halogens is 3. The van der Waals surface area contributed by atoms with Crippen molar-refractivity contribution in [3.8, 4) is 0 Å². The molecular weight excluding hydrogens is 253 g/mol. The molecule has 0 bridgehead atoms. The van der Waals surface area contributed by atoms with Crippen LogP contribution >= 0.6 is 0 Å². The lowest BCUT2D eigenvalue weighted by molar-refractivity contribution is -0.325. The summed E-state index contributed by atoms with van der Waals surface area (Å²) < 4.78 is 39.1. The maximum absolute atomic E-state index is 11.8. The van der Waals surface area contributed by atoms with Gasteiger partial charge in [-0.1, -0.05) is 0 Å². The van der Waals surface area contributed by atoms with Gasteiger partial charge in [-0.2, -0.15) is 0 Å². The second-order valence-corrected chi connectivity index (χ2v) is 4.16. The second-order valence-electron chi connectivity index (χ2n) is 4.16. The van der Waals surface area contributed by atoms with E-state index in [9.17, 15) is 18.0 Å². The van der Waals surface area contributed by atoms with Crippen molar-refractivity contribution >= 4 is 5.97 Å². The Morgan fingerprint density at radius 1 is 1.17 bits per heavy atom. The lowest BCUT2D eigenvalue weighted by Gasteiger charge is -2.20. The lowest BCUT2D eigenvalue weighted by atomic mass is 10.4. The third kappa shape index (κ3) is 6.77. The first-order valence-electron chi connectivity index (χ1n) is 5.74. The van der Waals surface area contributed by atoms with Crippen LogP contribution in [0.1, 0.15) is 6.42 Å². The van der Waals surface area contributed by atoms with Crippen LogP contribution in [0.3, 0.4) is 0 Å². The van der Waals surface area contributed by atoms with Gasteiger partial charge in [0.05, 0.1) is 13.2 Å². The average molecular weight is 270 g/mol. The molecule has 1 aliphatic heterocycles. The van der Waals surface area contributed by atoms with E-state index in [1.807, 2.05) is 4.90 Å². The molecule has 1 aliphatic rings. The number of ether oxygens (including phenoxy) is 1. The molecule has 0 saturated carbocycles. The van der Waals surface area contributed by atoms with Gasteiger partial charge < -0.3 is 5.11 Å². The Labute approximate surface area is 103 Å². The van der Waals surface area contributed by atoms with E-state index in [0.717, 1.165) is 6.42 Å². The predicted octanol–water partition coefficient (Wildman–Crippen LogP) is 0.615. The van der Waals surface area contributed by atoms with E-state index in [4.69, 9.17) is 5.11 Å². The fraction of sp³-hybridized carbons (Fsp3) is 0.900. The summed E-state index contributed by atoms with van der Waals surface area (Å²) in [5.74, 6) is -0.885. The highest BCUT2D eigenvalue weighted by Gasteiger charge is 2.29. The third-order valence-corrected chi connectivity index (χ3v) is 2.71. The Morgan fingerprint density at radius 3 is 2.39 bits per heavy atom. The highest BCUT2D eigenvalue weighted by Crippen LogP contribution is 2.15. The average Bonchev–Trinajstić information content (AvgIpc) is 2.41. The molecule has 0 aromatic carbocycles. The van der Waals surface area contributed by atoms with Crippen LogP contribution in [0.4, 0.5) is 13.2 Å². The molecule has 1 N–H and O–H groups in total. The maximum atomic E-state index is 11.8. The normalized spacial score (nSPS) is 19.7. The number of rotatable bonds is 5. The van der Waals surface area contributed by atoms with Gasteiger partial charge in [0.2, 0.25) is 0 Å². The smallest absolute Gasteiger partial charge is 0.480 e. The molecule has 0 aromatic heterocycles. The molecule has 0 radical (unpaired) electrons. The van der Waals surface area contributed by atoms with E-state index in [1.54, 1.807) is 4.90 Å². The number of carbonyl (C=O) groups is 1. The number of aliphatic carboxylic acids is 1. The van der Waals surface area contributed by atoms with E-state index in [-0.39, 0.29) is 19.7 Å². The van der Waals surface area contributed by atoms with Crippen LogP contribution in [-0.2, 0) is 9.53 Å². The number of carboxylic acids is 1. The van der Waals surface area contributed by atoms with Crippen molar-refractivity contribution in [3.05, 3.63) is 0 Å². The molecule has 1 heterocycles. The van der Waals surface area contributed by atoms with Gasteiger partial charge >= 0.3 is 12.3 Å². The van der Waals surface area contributed by atoms with E-state index in [0.29, 0.717) is 26.2 Å². The number of nitrogens with zero attached hydrogens (tertiary/aromatic N) is 2. The van der Waals surface area contributed by atoms with Crippen molar-refractivity contribution in [3.63, 3.8) is 0 Å². The fourth-order valence-corrected chi connectivity index (χ4v) is 1.89. The van der Waals surface area contributed by atoms with Crippen LogP contribution in [0, 0.1) is 0 Å². The Morgan fingerprint density at radius 2 is 1.78 bits per heavy atom. The summed E-state index contributed by atoms with van der Waals surface area (Å²) in [5.41, 5.74) is 0. The van der Waals surface area contributed by atoms with Crippen LogP contribution < -0.4 is 0 Å². The quantitative estimate of drug-likeness (QED) is 0.793. The van der Waals surface area contributed by atoms with E-state index >= 15 is 0 Å². The summed E-state index contributed by atoms with van der Waals surface area (Å²) in [6, 6.07) is 0. The van der Waals surface area contributed by atoms with Gasteiger partial charge in [0, 0.05) is 26.2 Å². The zero-order valence-electron chi connectivity index (χ0n) is 9.95. The highest BCUT2D eigenvalue weighted by molar-refractivity contribution is 5.69. The van der Waals surface area contributed by atoms with Gasteiger partial charge in [-0.25, -0.2) is 0 Å². The minimum Gasteiger partial charge on any atom is -0.480 e. The standard InChI is InChI=1S/C10H17F3N2O3/c11-10(12,13)18-7-6-14-2-1-3-15(5-4-14)8-9(16)17/h1-8H2,(H,16,17). The van der Waals surface area contributed by atoms with E-state index in [2.05, 4.69) is 4.74 Å². The molecule has 1 saturated heterocycles. The van der Waals surface area contributed by atoms with Gasteiger partial charge in [-0.15, -0.1) is 13.2 Å². The Hall–Kier alpha value is -0.860. The molecular formula is C10H17F3N2O3. The largest absolute Gasteiger partial charge is 0.522 e. The summed E-state index contributed by atoms with van der Waals surface area (Å²) in [6.45, 7) is 2.24. The van der Waals surface area contributed by atoms with Crippen molar-refractivity contribution in [2.75, 3.05) is 45.9 Å². The minimum atomic E-state index is -4.58. The predicted molar refractivity (Wildman–Crippen MR) is 57.1 cm³/mol. The molecule has 0 aromatic rings. The molecule has 106 valence electrons. The van der Waals surface area contributed by atoms with Gasteiger partial charge in [-0.3, -0.25) is 19.3 Å². The van der Waals surface area contributed by atoms with Crippen LogP contribution in [0.25, 0.3) is 0 Å². The molecule has 18 heavy (non-hydrogen) atoms. The van der Waals surface area contributed by atoms with Crippen molar-refractivity contribution in [2.24, 2.45) is 0 Å². The van der Waals surface area contributed by atoms with Crippen molar-refractivity contribution in [1.29, 1.82) is 0 Å². The Bertz CT molecular complexity index is 274. The molecule has 1 rings (SSSR count). The molecule has 1 fully saturated rings. The second kappa shape index (κ2) is 6.91. The SMILES string of the molecule is O=C(O)CN1CCCN(CCOC(F)(F)F)CC1. The molecule has 5 nitrogen and oxygen atoms in total. The van der Waals surface area contributed by atoms with Crippen LogP contribution in [-0.4, -0.2) is 73.1 Å². The van der Waals surface area contributed by atoms with Crippen LogP contribution in [0.2, 0.25) is 0 Å². The highest BCUT2D eigenvalue weighted by atomic mass is 19.4. The summed E-state index contributed by atoms with van der Waals surface area (Å²) in [5, 5.41) is 8.65. The summed E-state index contributed by atoms with van der Waals surface area (Å²) >= 11 is 0. The van der Waals surface area contributed by atoms with Crippen LogP contribution in [0.5, 0.6) is 0 Å². The van der Waals surface area contributed by atoms with E-state index in [1.165, 1.54) is 0 Å². The van der Waals surface area contributed by atoms with E-state index < -0.39 is 12.3 Å². The Kier molecular flexibility index (Phi) is 5.83. The van der Waals surface area contributed by atoms with Crippen molar-refractivity contribution in [1.82, 2.24) is 9.80 Å². The summed E-state index contributed by atoms with van der Waals surface area (Å²) in [7, 11) is 0. The maximum Gasteiger partial charge on any atom is 0.522 e. The zero-order valence-corrected chi connectivity index (χ0v) is 9.95. The van der Waals surface area contributed by atoms with Crippen LogP contribution in [0.15, 0.2) is 0 Å². The summed E-state index contributed by atoms with van der Waals surface area (Å²) in [6.07, 6.45) is -3.83. The molecule has 0 spiro atoms. The number of hydrogen-bond donors (Lipinski definition) is 1. The molecule has 0 aliphatic carbocycles. The molecule has 0 amide bonds. The van der Waals surface area contributed by atoms with Gasteiger partial charge in [0.25, 0.3) is 0 Å². The molecule has 0 unspecified atom stereocenters. The van der Waals surface area contributed by atoms with Gasteiger partial charge in [0.15, 0.2) is 0 Å². The minimum absolute atomic E-state index is 0.0209. The number of hydrogen-bond acceptors (Lipinski definition) is 4. The van der Waals surface area contributed by atoms with Crippen molar-refractivity contribution < 1.29 is 27.8 Å². The first kappa shape index (κ1) is 15.2. The third-order valence-electron chi connectivity index (χ3n) is 2.71. The topological polar surface area (TPSA) is 53.0 Å². The summed E-state index contributed by atoms with van der Waals surface area (Å²) in [4.78, 5) is 14.2. The monoisotopic (exact) mass is 270 g/mol. The van der Waals surface area contributed by atoms with Gasteiger partial charge in [0.1, 0.15) is 0 Å². The number of carboxylic acid groups (broad SMARTS) is 1. The lowest BCUT2D eigenvalue weighted by Crippen LogP contribution is -2.35. The first-order valence-corrected chi connectivity index (χ1v) is 5.74. The number of alkyl halides is 3. The first-order chi connectivity index (χ1) is 8.37. The zero-order chi connectivity index (χ0) is 13.6. The van der Waals surface area contributed by atoms with Crippen molar-refractivity contribution in [2.45, 2.75) is 12.8 Å². The molecule has 0 atom stereocenters. The fourth-order valence-electron chi connectivity index (χ4n) is 1.89. The van der Waals surface area contributed by atoms with Gasteiger partial charge in [-0.05, 0) is 13.0 Å². The molecule has 8 heteroatoms.